The first kappa shape index (κ1) is 9.52. The zero-order valence-electron chi connectivity index (χ0n) is 8.04. The minimum absolute atomic E-state index is 0.825. The summed E-state index contributed by atoms with van der Waals surface area (Å²) in [7, 11) is 0. The number of H-pyrrole nitrogens is 1. The predicted octanol–water partition coefficient (Wildman–Crippen LogP) is 3.23. The quantitative estimate of drug-likeness (QED) is 0.706. The Labute approximate surface area is 78.3 Å². The summed E-state index contributed by atoms with van der Waals surface area (Å²) < 4.78 is 0. The van der Waals surface area contributed by atoms with Crippen LogP contribution in [0.4, 0.5) is 0 Å². The zero-order valence-corrected chi connectivity index (χ0v) is 8.04. The summed E-state index contributed by atoms with van der Waals surface area (Å²) in [5.74, 6) is 0.825. The molecule has 0 aliphatic heterocycles. The molecule has 0 radical (unpaired) electrons. The van der Waals surface area contributed by atoms with Crippen molar-refractivity contribution in [1.29, 1.82) is 0 Å². The summed E-state index contributed by atoms with van der Waals surface area (Å²) in [5.41, 5.74) is 2.05. The molecule has 1 aromatic heterocycles. The lowest BCUT2D eigenvalue weighted by atomic mass is 10.3. The van der Waals surface area contributed by atoms with Crippen LogP contribution in [0, 0.1) is 0 Å². The molecule has 0 atom stereocenters. The molecule has 0 fully saturated rings. The summed E-state index contributed by atoms with van der Waals surface area (Å²) >= 11 is 0. The molecule has 68 valence electrons. The molecule has 1 aromatic carbocycles. The summed E-state index contributed by atoms with van der Waals surface area (Å²) in [6.07, 6.45) is 1.71. The fraction of sp³-hybridized carbons (Fsp3) is 0.182. The molecule has 0 saturated carbocycles. The maximum Gasteiger partial charge on any atom is 0.130 e. The van der Waals surface area contributed by atoms with Crippen molar-refractivity contribution in [3.63, 3.8) is 0 Å². The molecule has 2 nitrogen and oxygen atoms in total. The Kier molecular flexibility index (Phi) is 3.26. The average Bonchev–Trinajstić information content (AvgIpc) is 2.63. The van der Waals surface area contributed by atoms with Gasteiger partial charge in [-0.3, -0.25) is 0 Å². The van der Waals surface area contributed by atoms with E-state index in [9.17, 15) is 0 Å². The van der Waals surface area contributed by atoms with Gasteiger partial charge in [-0.15, -0.1) is 0 Å². The van der Waals surface area contributed by atoms with E-state index in [0.29, 0.717) is 0 Å². The van der Waals surface area contributed by atoms with Gasteiger partial charge < -0.3 is 4.98 Å². The fourth-order valence-electron chi connectivity index (χ4n) is 1.07. The standard InChI is InChI=1S/C9H8N2.C2H6/c1-2-9-10-7-5-3-4-6-8(7)11-9;1-2/h2-6H,1H2,(H,10,11);1-2H3. The van der Waals surface area contributed by atoms with E-state index in [2.05, 4.69) is 16.5 Å². The molecular formula is C11H14N2. The van der Waals surface area contributed by atoms with Gasteiger partial charge in [-0.05, 0) is 18.2 Å². The largest absolute Gasteiger partial charge is 0.338 e. The molecule has 0 spiro atoms. The van der Waals surface area contributed by atoms with E-state index in [1.54, 1.807) is 6.08 Å². The second kappa shape index (κ2) is 4.45. The molecule has 0 aliphatic carbocycles. The number of benzene rings is 1. The monoisotopic (exact) mass is 174 g/mol. The average molecular weight is 174 g/mol. The van der Waals surface area contributed by atoms with Crippen molar-refractivity contribution in [2.24, 2.45) is 0 Å². The number of nitrogens with one attached hydrogen (secondary N) is 1. The van der Waals surface area contributed by atoms with Crippen LogP contribution in [0.1, 0.15) is 19.7 Å². The van der Waals surface area contributed by atoms with Gasteiger partial charge in [0, 0.05) is 0 Å². The van der Waals surface area contributed by atoms with Gasteiger partial charge in [0.05, 0.1) is 11.0 Å². The fourth-order valence-corrected chi connectivity index (χ4v) is 1.07. The third-order valence-electron chi connectivity index (χ3n) is 1.60. The second-order valence-corrected chi connectivity index (χ2v) is 2.34. The third-order valence-corrected chi connectivity index (χ3v) is 1.60. The Morgan fingerprint density at radius 3 is 2.62 bits per heavy atom. The van der Waals surface area contributed by atoms with Crippen LogP contribution in [0.5, 0.6) is 0 Å². The van der Waals surface area contributed by atoms with Crippen molar-refractivity contribution in [3.05, 3.63) is 36.7 Å². The minimum Gasteiger partial charge on any atom is -0.338 e. The molecule has 2 rings (SSSR count). The topological polar surface area (TPSA) is 28.7 Å². The highest BCUT2D eigenvalue weighted by molar-refractivity contribution is 5.76. The van der Waals surface area contributed by atoms with E-state index in [4.69, 9.17) is 0 Å². The third kappa shape index (κ3) is 1.96. The van der Waals surface area contributed by atoms with Crippen LogP contribution < -0.4 is 0 Å². The number of fused-ring (bicyclic) bond motifs is 1. The Bertz CT molecular complexity index is 355. The van der Waals surface area contributed by atoms with Gasteiger partial charge in [-0.25, -0.2) is 4.98 Å². The van der Waals surface area contributed by atoms with E-state index in [-0.39, 0.29) is 0 Å². The highest BCUT2D eigenvalue weighted by Crippen LogP contribution is 2.10. The zero-order chi connectivity index (χ0) is 9.68. The van der Waals surface area contributed by atoms with Gasteiger partial charge in [0.15, 0.2) is 0 Å². The first-order chi connectivity index (χ1) is 6.40. The summed E-state index contributed by atoms with van der Waals surface area (Å²) in [4.78, 5) is 7.37. The summed E-state index contributed by atoms with van der Waals surface area (Å²) in [5, 5.41) is 0. The van der Waals surface area contributed by atoms with E-state index < -0.39 is 0 Å². The van der Waals surface area contributed by atoms with E-state index in [0.717, 1.165) is 16.9 Å². The molecule has 1 heterocycles. The Morgan fingerprint density at radius 2 is 2.00 bits per heavy atom. The molecule has 0 unspecified atom stereocenters. The van der Waals surface area contributed by atoms with Gasteiger partial charge in [0.2, 0.25) is 0 Å². The van der Waals surface area contributed by atoms with Gasteiger partial charge in [-0.1, -0.05) is 32.6 Å². The SMILES string of the molecule is C=Cc1nc2ccccc2[nH]1.CC. The molecule has 13 heavy (non-hydrogen) atoms. The highest BCUT2D eigenvalue weighted by Gasteiger charge is 1.95. The van der Waals surface area contributed by atoms with Crippen LogP contribution in [0.15, 0.2) is 30.8 Å². The van der Waals surface area contributed by atoms with Crippen LogP contribution in [-0.2, 0) is 0 Å². The number of hydrogen-bond donors (Lipinski definition) is 1. The number of aromatic nitrogens is 2. The predicted molar refractivity (Wildman–Crippen MR) is 57.5 cm³/mol. The number of para-hydroxylation sites is 2. The lowest BCUT2D eigenvalue weighted by Crippen LogP contribution is -1.69. The van der Waals surface area contributed by atoms with Crippen LogP contribution in [-0.4, -0.2) is 9.97 Å². The first-order valence-electron chi connectivity index (χ1n) is 4.47. The van der Waals surface area contributed by atoms with Crippen molar-refractivity contribution in [2.45, 2.75) is 13.8 Å². The lowest BCUT2D eigenvalue weighted by molar-refractivity contribution is 1.29. The van der Waals surface area contributed by atoms with Crippen LogP contribution in [0.3, 0.4) is 0 Å². The van der Waals surface area contributed by atoms with E-state index in [1.165, 1.54) is 0 Å². The van der Waals surface area contributed by atoms with Crippen molar-refractivity contribution < 1.29 is 0 Å². The lowest BCUT2D eigenvalue weighted by Gasteiger charge is -1.81. The van der Waals surface area contributed by atoms with E-state index in [1.807, 2.05) is 38.1 Å². The molecule has 2 heteroatoms. The number of nitrogens with zero attached hydrogens (tertiary/aromatic N) is 1. The van der Waals surface area contributed by atoms with Gasteiger partial charge in [0.25, 0.3) is 0 Å². The molecule has 0 saturated heterocycles. The minimum atomic E-state index is 0.825. The maximum absolute atomic E-state index is 4.26. The Hall–Kier alpha value is -1.57. The van der Waals surface area contributed by atoms with Gasteiger partial charge >= 0.3 is 0 Å². The van der Waals surface area contributed by atoms with Gasteiger partial charge in [0.1, 0.15) is 5.82 Å². The molecule has 1 N–H and O–H groups in total. The van der Waals surface area contributed by atoms with Crippen molar-refractivity contribution in [3.8, 4) is 0 Å². The highest BCUT2D eigenvalue weighted by atomic mass is 14.9. The number of rotatable bonds is 1. The first-order valence-corrected chi connectivity index (χ1v) is 4.47. The van der Waals surface area contributed by atoms with Crippen LogP contribution in [0.2, 0.25) is 0 Å². The summed E-state index contributed by atoms with van der Waals surface area (Å²) in [6.45, 7) is 7.63. The number of aromatic amines is 1. The smallest absolute Gasteiger partial charge is 0.130 e. The molecular weight excluding hydrogens is 160 g/mol. The molecule has 0 amide bonds. The molecule has 0 aliphatic rings. The van der Waals surface area contributed by atoms with Crippen molar-refractivity contribution >= 4 is 17.1 Å². The number of imidazole rings is 1. The van der Waals surface area contributed by atoms with E-state index >= 15 is 0 Å². The Morgan fingerprint density at radius 1 is 1.31 bits per heavy atom. The molecule has 0 bridgehead atoms. The van der Waals surface area contributed by atoms with Gasteiger partial charge in [-0.2, -0.15) is 0 Å². The summed E-state index contributed by atoms with van der Waals surface area (Å²) in [6, 6.07) is 7.91. The molecule has 2 aromatic rings. The van der Waals surface area contributed by atoms with Crippen LogP contribution in [0.25, 0.3) is 17.1 Å². The normalized spacial score (nSPS) is 9.08. The Balaban J connectivity index is 0.000000396. The van der Waals surface area contributed by atoms with Crippen LogP contribution >= 0.6 is 0 Å². The number of hydrogen-bond acceptors (Lipinski definition) is 1. The van der Waals surface area contributed by atoms with Crippen molar-refractivity contribution in [1.82, 2.24) is 9.97 Å². The second-order valence-electron chi connectivity index (χ2n) is 2.34. The van der Waals surface area contributed by atoms with Crippen molar-refractivity contribution in [2.75, 3.05) is 0 Å². The maximum atomic E-state index is 4.26.